The standard InChI is InChI=1S/C14H22BrFN4/c1-19-5-6-20(2)14(9-19)13(18-17)8-10-3-4-12(16)11(15)7-10/h3-4,7,13-14,18H,5-6,8-9,17H2,1-2H3. The maximum Gasteiger partial charge on any atom is 0.137 e. The maximum atomic E-state index is 13.3. The van der Waals surface area contributed by atoms with Gasteiger partial charge < -0.3 is 4.90 Å². The minimum absolute atomic E-state index is 0.139. The molecule has 0 amide bonds. The van der Waals surface area contributed by atoms with E-state index in [1.807, 2.05) is 12.1 Å². The first-order chi connectivity index (χ1) is 9.51. The predicted octanol–water partition coefficient (Wildman–Crippen LogP) is 1.21. The quantitative estimate of drug-likeness (QED) is 0.636. The van der Waals surface area contributed by atoms with Gasteiger partial charge in [-0.1, -0.05) is 6.07 Å². The summed E-state index contributed by atoms with van der Waals surface area (Å²) in [6.45, 7) is 3.09. The zero-order valence-corrected chi connectivity index (χ0v) is 13.5. The van der Waals surface area contributed by atoms with Crippen LogP contribution in [0.5, 0.6) is 0 Å². The highest BCUT2D eigenvalue weighted by Crippen LogP contribution is 2.19. The SMILES string of the molecule is CN1CCN(C)C(C(Cc2ccc(F)c(Br)c2)NN)C1. The van der Waals surface area contributed by atoms with Crippen molar-refractivity contribution in [3.8, 4) is 0 Å². The van der Waals surface area contributed by atoms with Crippen LogP contribution < -0.4 is 11.3 Å². The second-order valence-corrected chi connectivity index (χ2v) is 6.39. The lowest BCUT2D eigenvalue weighted by molar-refractivity contribution is 0.0877. The number of likely N-dealkylation sites (N-methyl/N-ethyl adjacent to an activating group) is 2. The molecular weight excluding hydrogens is 323 g/mol. The average molecular weight is 345 g/mol. The summed E-state index contributed by atoms with van der Waals surface area (Å²) in [6.07, 6.45) is 0.776. The molecule has 1 fully saturated rings. The summed E-state index contributed by atoms with van der Waals surface area (Å²) in [6, 6.07) is 5.62. The monoisotopic (exact) mass is 344 g/mol. The molecule has 1 heterocycles. The largest absolute Gasteiger partial charge is 0.303 e. The topological polar surface area (TPSA) is 44.5 Å². The highest BCUT2D eigenvalue weighted by atomic mass is 79.9. The third-order valence-corrected chi connectivity index (χ3v) is 4.63. The van der Waals surface area contributed by atoms with E-state index in [4.69, 9.17) is 5.84 Å². The van der Waals surface area contributed by atoms with E-state index in [9.17, 15) is 4.39 Å². The van der Waals surface area contributed by atoms with Gasteiger partial charge in [-0.3, -0.25) is 16.2 Å². The molecule has 2 atom stereocenters. The number of hydrogen-bond donors (Lipinski definition) is 2. The van der Waals surface area contributed by atoms with E-state index in [1.54, 1.807) is 0 Å². The van der Waals surface area contributed by atoms with Gasteiger partial charge in [0.15, 0.2) is 0 Å². The Morgan fingerprint density at radius 1 is 1.45 bits per heavy atom. The fourth-order valence-corrected chi connectivity index (χ4v) is 3.13. The van der Waals surface area contributed by atoms with Crippen molar-refractivity contribution in [2.24, 2.45) is 5.84 Å². The van der Waals surface area contributed by atoms with Gasteiger partial charge in [-0.05, 0) is 54.1 Å². The number of rotatable bonds is 4. The van der Waals surface area contributed by atoms with E-state index in [0.717, 1.165) is 31.6 Å². The van der Waals surface area contributed by atoms with E-state index >= 15 is 0 Å². The van der Waals surface area contributed by atoms with Crippen LogP contribution in [0.25, 0.3) is 0 Å². The first-order valence-electron chi connectivity index (χ1n) is 6.80. The average Bonchev–Trinajstić information content (AvgIpc) is 2.43. The smallest absolute Gasteiger partial charge is 0.137 e. The van der Waals surface area contributed by atoms with Gasteiger partial charge in [-0.2, -0.15) is 0 Å². The zero-order chi connectivity index (χ0) is 14.7. The Morgan fingerprint density at radius 3 is 2.85 bits per heavy atom. The van der Waals surface area contributed by atoms with Gasteiger partial charge in [0.2, 0.25) is 0 Å². The summed E-state index contributed by atoms with van der Waals surface area (Å²) in [5, 5.41) is 0. The molecule has 1 aromatic carbocycles. The number of nitrogens with zero attached hydrogens (tertiary/aromatic N) is 2. The van der Waals surface area contributed by atoms with Gasteiger partial charge >= 0.3 is 0 Å². The zero-order valence-electron chi connectivity index (χ0n) is 11.9. The summed E-state index contributed by atoms with van der Waals surface area (Å²) in [5.74, 6) is 5.51. The first-order valence-corrected chi connectivity index (χ1v) is 7.59. The van der Waals surface area contributed by atoms with Crippen LogP contribution in [-0.4, -0.2) is 55.6 Å². The number of nitrogens with two attached hydrogens (primary N) is 1. The number of piperazine rings is 1. The Balaban J connectivity index is 2.09. The highest BCUT2D eigenvalue weighted by Gasteiger charge is 2.29. The number of hydrogen-bond acceptors (Lipinski definition) is 4. The highest BCUT2D eigenvalue weighted by molar-refractivity contribution is 9.10. The molecule has 1 aliphatic rings. The van der Waals surface area contributed by atoms with E-state index in [1.165, 1.54) is 6.07 Å². The van der Waals surface area contributed by atoms with Crippen LogP contribution >= 0.6 is 15.9 Å². The van der Waals surface area contributed by atoms with Crippen LogP contribution in [0.2, 0.25) is 0 Å². The van der Waals surface area contributed by atoms with E-state index < -0.39 is 0 Å². The molecule has 2 rings (SSSR count). The number of benzene rings is 1. The molecule has 20 heavy (non-hydrogen) atoms. The van der Waals surface area contributed by atoms with Crippen molar-refractivity contribution in [1.29, 1.82) is 0 Å². The van der Waals surface area contributed by atoms with Crippen LogP contribution in [0.1, 0.15) is 5.56 Å². The molecule has 1 saturated heterocycles. The predicted molar refractivity (Wildman–Crippen MR) is 82.8 cm³/mol. The lowest BCUT2D eigenvalue weighted by Crippen LogP contribution is -2.60. The molecule has 0 radical (unpaired) electrons. The van der Waals surface area contributed by atoms with Crippen molar-refractivity contribution in [3.05, 3.63) is 34.1 Å². The van der Waals surface area contributed by atoms with Gasteiger partial charge in [-0.25, -0.2) is 4.39 Å². The van der Waals surface area contributed by atoms with Crippen molar-refractivity contribution < 1.29 is 4.39 Å². The van der Waals surface area contributed by atoms with Crippen molar-refractivity contribution >= 4 is 15.9 Å². The Kier molecular flexibility index (Phi) is 5.51. The van der Waals surface area contributed by atoms with Gasteiger partial charge in [0.05, 0.1) is 4.47 Å². The fourth-order valence-electron chi connectivity index (χ4n) is 2.71. The normalized spacial score (nSPS) is 22.9. The van der Waals surface area contributed by atoms with Crippen LogP contribution in [0, 0.1) is 5.82 Å². The third kappa shape index (κ3) is 3.77. The second-order valence-electron chi connectivity index (χ2n) is 5.54. The molecule has 2 unspecified atom stereocenters. The molecular formula is C14H22BrFN4. The summed E-state index contributed by atoms with van der Waals surface area (Å²) in [5.41, 5.74) is 4.00. The van der Waals surface area contributed by atoms with E-state index in [0.29, 0.717) is 10.5 Å². The van der Waals surface area contributed by atoms with Gasteiger partial charge in [0, 0.05) is 31.7 Å². The van der Waals surface area contributed by atoms with Gasteiger partial charge in [0.25, 0.3) is 0 Å². The van der Waals surface area contributed by atoms with Crippen LogP contribution in [0.3, 0.4) is 0 Å². The van der Waals surface area contributed by atoms with Crippen molar-refractivity contribution in [1.82, 2.24) is 15.2 Å². The minimum Gasteiger partial charge on any atom is -0.303 e. The summed E-state index contributed by atoms with van der Waals surface area (Å²) in [7, 11) is 4.25. The van der Waals surface area contributed by atoms with Crippen molar-refractivity contribution in [2.45, 2.75) is 18.5 Å². The van der Waals surface area contributed by atoms with E-state index in [2.05, 4.69) is 45.3 Å². The third-order valence-electron chi connectivity index (χ3n) is 4.02. The van der Waals surface area contributed by atoms with Crippen molar-refractivity contribution in [3.63, 3.8) is 0 Å². The molecule has 6 heteroatoms. The Morgan fingerprint density at radius 2 is 2.20 bits per heavy atom. The molecule has 0 bridgehead atoms. The summed E-state index contributed by atoms with van der Waals surface area (Å²) >= 11 is 3.23. The number of halogens is 2. The van der Waals surface area contributed by atoms with Crippen LogP contribution in [0.15, 0.2) is 22.7 Å². The van der Waals surface area contributed by atoms with Crippen LogP contribution in [-0.2, 0) is 6.42 Å². The molecule has 4 nitrogen and oxygen atoms in total. The lowest BCUT2D eigenvalue weighted by atomic mass is 9.97. The van der Waals surface area contributed by atoms with Crippen molar-refractivity contribution in [2.75, 3.05) is 33.7 Å². The molecule has 112 valence electrons. The molecule has 0 saturated carbocycles. The van der Waals surface area contributed by atoms with Gasteiger partial charge in [-0.15, -0.1) is 0 Å². The minimum atomic E-state index is -0.236. The Hall–Kier alpha value is -0.530. The molecule has 0 aliphatic carbocycles. The van der Waals surface area contributed by atoms with E-state index in [-0.39, 0.29) is 11.9 Å². The van der Waals surface area contributed by atoms with Crippen LogP contribution in [0.4, 0.5) is 4.39 Å². The molecule has 0 spiro atoms. The number of nitrogens with one attached hydrogen (secondary N) is 1. The lowest BCUT2D eigenvalue weighted by Gasteiger charge is -2.41. The fraction of sp³-hybridized carbons (Fsp3) is 0.571. The maximum absolute atomic E-state index is 13.3. The summed E-state index contributed by atoms with van der Waals surface area (Å²) < 4.78 is 13.8. The molecule has 1 aliphatic heterocycles. The molecule has 0 aromatic heterocycles. The molecule has 3 N–H and O–H groups in total. The summed E-state index contributed by atoms with van der Waals surface area (Å²) in [4.78, 5) is 4.65. The van der Waals surface area contributed by atoms with Gasteiger partial charge in [0.1, 0.15) is 5.82 Å². The number of hydrazine groups is 1. The first kappa shape index (κ1) is 15.9. The Bertz CT molecular complexity index is 457. The molecule has 1 aromatic rings. The Labute approximate surface area is 128 Å². The second kappa shape index (κ2) is 6.95.